The Hall–Kier alpha value is -1.15. The Balaban J connectivity index is 1.68. The average molecular weight is 326 g/mol. The van der Waals surface area contributed by atoms with Crippen molar-refractivity contribution in [3.8, 4) is 0 Å². The molecule has 0 radical (unpaired) electrons. The monoisotopic (exact) mass is 326 g/mol. The first-order valence-corrected chi connectivity index (χ1v) is 9.16. The summed E-state index contributed by atoms with van der Waals surface area (Å²) < 4.78 is 31.7. The van der Waals surface area contributed by atoms with E-state index in [1.54, 1.807) is 31.7 Å². The summed E-state index contributed by atoms with van der Waals surface area (Å²) in [5.41, 5.74) is 1.87. The predicted octanol–water partition coefficient (Wildman–Crippen LogP) is 2.41. The van der Waals surface area contributed by atoms with Crippen LogP contribution in [-0.4, -0.2) is 25.8 Å². The molecule has 1 aliphatic carbocycles. The Labute approximate surface area is 128 Å². The summed E-state index contributed by atoms with van der Waals surface area (Å²) in [6.45, 7) is 1.05. The smallest absolute Gasteiger partial charge is 0.252 e. The number of sulfonamides is 1. The molecule has 1 aliphatic rings. The molecule has 1 saturated carbocycles. The minimum atomic E-state index is -3.43. The number of furan rings is 1. The van der Waals surface area contributed by atoms with Gasteiger partial charge in [-0.2, -0.15) is 4.31 Å². The van der Waals surface area contributed by atoms with Crippen molar-refractivity contribution in [3.63, 3.8) is 0 Å². The van der Waals surface area contributed by atoms with E-state index in [1.807, 2.05) is 5.38 Å². The summed E-state index contributed by atoms with van der Waals surface area (Å²) in [4.78, 5) is 0. The lowest BCUT2D eigenvalue weighted by atomic mass is 10.3. The third kappa shape index (κ3) is 3.55. The van der Waals surface area contributed by atoms with Crippen molar-refractivity contribution in [3.05, 3.63) is 41.2 Å². The minimum Gasteiger partial charge on any atom is -0.472 e. The number of hydrogen-bond acceptors (Lipinski definition) is 5. The number of rotatable bonds is 7. The van der Waals surface area contributed by atoms with Crippen molar-refractivity contribution in [2.45, 2.75) is 36.2 Å². The summed E-state index contributed by atoms with van der Waals surface area (Å²) >= 11 is 1.28. The highest BCUT2D eigenvalue weighted by Gasteiger charge is 2.24. The van der Waals surface area contributed by atoms with E-state index in [1.165, 1.54) is 28.5 Å². The molecule has 0 saturated heterocycles. The second kappa shape index (κ2) is 5.92. The largest absolute Gasteiger partial charge is 0.472 e. The number of nitrogens with one attached hydrogen (secondary N) is 1. The number of thiophene rings is 1. The van der Waals surface area contributed by atoms with Crippen molar-refractivity contribution < 1.29 is 12.8 Å². The second-order valence-corrected chi connectivity index (χ2v) is 8.50. The van der Waals surface area contributed by atoms with Gasteiger partial charge in [0, 0.05) is 31.7 Å². The molecule has 1 fully saturated rings. The fourth-order valence-electron chi connectivity index (χ4n) is 2.01. The van der Waals surface area contributed by atoms with E-state index in [-0.39, 0.29) is 0 Å². The first-order chi connectivity index (χ1) is 10.1. The van der Waals surface area contributed by atoms with E-state index in [0.717, 1.165) is 17.7 Å². The molecule has 0 bridgehead atoms. The van der Waals surface area contributed by atoms with Crippen LogP contribution in [0.15, 0.2) is 38.7 Å². The quantitative estimate of drug-likeness (QED) is 0.849. The van der Waals surface area contributed by atoms with Crippen molar-refractivity contribution >= 4 is 21.4 Å². The molecule has 0 aliphatic heterocycles. The molecule has 2 aromatic heterocycles. The molecule has 3 rings (SSSR count). The summed E-state index contributed by atoms with van der Waals surface area (Å²) in [5.74, 6) is 0. The fourth-order valence-corrected chi connectivity index (χ4v) is 4.59. The van der Waals surface area contributed by atoms with E-state index >= 15 is 0 Å². The zero-order valence-corrected chi connectivity index (χ0v) is 13.4. The topological polar surface area (TPSA) is 62.6 Å². The molecule has 21 heavy (non-hydrogen) atoms. The third-order valence-corrected chi connectivity index (χ3v) is 6.72. The second-order valence-electron chi connectivity index (χ2n) is 5.32. The van der Waals surface area contributed by atoms with E-state index < -0.39 is 10.0 Å². The van der Waals surface area contributed by atoms with Crippen LogP contribution in [0, 0.1) is 0 Å². The number of hydrogen-bond donors (Lipinski definition) is 1. The SMILES string of the molecule is CN(Cc1ccoc1)S(=O)(=O)c1cc(CNC2CC2)cs1. The van der Waals surface area contributed by atoms with Crippen LogP contribution >= 0.6 is 11.3 Å². The summed E-state index contributed by atoms with van der Waals surface area (Å²) in [5, 5.41) is 5.30. The summed E-state index contributed by atoms with van der Waals surface area (Å²) in [7, 11) is -1.85. The van der Waals surface area contributed by atoms with Crippen LogP contribution in [0.3, 0.4) is 0 Å². The molecule has 5 nitrogen and oxygen atoms in total. The van der Waals surface area contributed by atoms with Crippen LogP contribution in [0.1, 0.15) is 24.0 Å². The van der Waals surface area contributed by atoms with Crippen LogP contribution in [0.2, 0.25) is 0 Å². The van der Waals surface area contributed by atoms with Crippen molar-refractivity contribution in [2.75, 3.05) is 7.05 Å². The Morgan fingerprint density at radius 2 is 2.24 bits per heavy atom. The lowest BCUT2D eigenvalue weighted by molar-refractivity contribution is 0.465. The molecule has 0 spiro atoms. The van der Waals surface area contributed by atoms with E-state index in [2.05, 4.69) is 5.32 Å². The Bertz CT molecular complexity index is 688. The molecule has 2 aromatic rings. The highest BCUT2D eigenvalue weighted by atomic mass is 32.2. The van der Waals surface area contributed by atoms with Gasteiger partial charge in [0.25, 0.3) is 10.0 Å². The Morgan fingerprint density at radius 3 is 2.90 bits per heavy atom. The first kappa shape index (κ1) is 14.8. The molecule has 2 heterocycles. The van der Waals surface area contributed by atoms with Crippen LogP contribution in [0.25, 0.3) is 0 Å². The van der Waals surface area contributed by atoms with Gasteiger partial charge in [-0.3, -0.25) is 0 Å². The first-order valence-electron chi connectivity index (χ1n) is 6.84. The maximum atomic E-state index is 12.5. The van der Waals surface area contributed by atoms with Gasteiger partial charge in [-0.1, -0.05) is 0 Å². The van der Waals surface area contributed by atoms with Crippen LogP contribution in [0.5, 0.6) is 0 Å². The summed E-state index contributed by atoms with van der Waals surface area (Å²) in [6, 6.07) is 4.15. The van der Waals surface area contributed by atoms with Gasteiger partial charge in [0.1, 0.15) is 4.21 Å². The lowest BCUT2D eigenvalue weighted by Crippen LogP contribution is -2.25. The van der Waals surface area contributed by atoms with Gasteiger partial charge in [0.15, 0.2) is 0 Å². The molecule has 0 aromatic carbocycles. The molecule has 0 atom stereocenters. The van der Waals surface area contributed by atoms with Crippen molar-refractivity contribution in [1.29, 1.82) is 0 Å². The standard InChI is InChI=1S/C14H18N2O3S2/c1-16(8-11-4-5-19-9-11)21(17,18)14-6-12(10-20-14)7-15-13-2-3-13/h4-6,9-10,13,15H,2-3,7-8H2,1H3. The molecule has 0 unspecified atom stereocenters. The van der Waals surface area contributed by atoms with E-state index in [0.29, 0.717) is 16.8 Å². The maximum Gasteiger partial charge on any atom is 0.252 e. The lowest BCUT2D eigenvalue weighted by Gasteiger charge is -2.14. The Kier molecular flexibility index (Phi) is 4.17. The highest BCUT2D eigenvalue weighted by molar-refractivity contribution is 7.91. The van der Waals surface area contributed by atoms with Gasteiger partial charge in [-0.05, 0) is 35.9 Å². The normalized spacial score (nSPS) is 15.7. The van der Waals surface area contributed by atoms with Crippen LogP contribution in [0.4, 0.5) is 0 Å². The zero-order valence-electron chi connectivity index (χ0n) is 11.8. The Morgan fingerprint density at radius 1 is 1.43 bits per heavy atom. The van der Waals surface area contributed by atoms with Gasteiger partial charge in [-0.15, -0.1) is 11.3 Å². The molecule has 1 N–H and O–H groups in total. The van der Waals surface area contributed by atoms with Gasteiger partial charge in [0.2, 0.25) is 0 Å². The average Bonchev–Trinajstić information content (AvgIpc) is 2.93. The fraction of sp³-hybridized carbons (Fsp3) is 0.429. The van der Waals surface area contributed by atoms with E-state index in [9.17, 15) is 8.42 Å². The highest BCUT2D eigenvalue weighted by Crippen LogP contribution is 2.25. The van der Waals surface area contributed by atoms with Crippen molar-refractivity contribution in [2.24, 2.45) is 0 Å². The van der Waals surface area contributed by atoms with Crippen LogP contribution in [-0.2, 0) is 23.1 Å². The number of nitrogens with zero attached hydrogens (tertiary/aromatic N) is 1. The minimum absolute atomic E-state index is 0.312. The molecule has 7 heteroatoms. The summed E-state index contributed by atoms with van der Waals surface area (Å²) in [6.07, 6.45) is 5.56. The van der Waals surface area contributed by atoms with Gasteiger partial charge in [0.05, 0.1) is 12.5 Å². The molecular weight excluding hydrogens is 308 g/mol. The maximum absolute atomic E-state index is 12.5. The molecule has 114 valence electrons. The van der Waals surface area contributed by atoms with Gasteiger partial charge >= 0.3 is 0 Å². The van der Waals surface area contributed by atoms with Gasteiger partial charge in [-0.25, -0.2) is 8.42 Å². The molecule has 0 amide bonds. The zero-order chi connectivity index (χ0) is 14.9. The van der Waals surface area contributed by atoms with Gasteiger partial charge < -0.3 is 9.73 Å². The molecular formula is C14H18N2O3S2. The van der Waals surface area contributed by atoms with Crippen LogP contribution < -0.4 is 5.32 Å². The third-order valence-electron chi connectivity index (χ3n) is 3.45. The predicted molar refractivity (Wildman–Crippen MR) is 81.5 cm³/mol. The van der Waals surface area contributed by atoms with E-state index in [4.69, 9.17) is 4.42 Å². The van der Waals surface area contributed by atoms with Crippen molar-refractivity contribution in [1.82, 2.24) is 9.62 Å².